The topological polar surface area (TPSA) is 90.0 Å². The van der Waals surface area contributed by atoms with Crippen LogP contribution in [0.2, 0.25) is 0 Å². The minimum Gasteiger partial charge on any atom is -0.469 e. The Labute approximate surface area is 183 Å². The number of nitrogens with zero attached hydrogens (tertiary/aromatic N) is 1. The largest absolute Gasteiger partial charge is 0.469 e. The quantitative estimate of drug-likeness (QED) is 0.492. The molecule has 1 saturated heterocycles. The number of esters is 1. The van der Waals surface area contributed by atoms with Gasteiger partial charge in [-0.15, -0.1) is 0 Å². The molecule has 2 heterocycles. The third kappa shape index (κ3) is 3.20. The number of hydrogen-bond acceptors (Lipinski definition) is 6. The summed E-state index contributed by atoms with van der Waals surface area (Å²) in [6.07, 6.45) is 6.10. The number of carbonyl (C=O) groups excluding carboxylic acids is 3. The van der Waals surface area contributed by atoms with Crippen molar-refractivity contribution in [3.8, 4) is 0 Å². The second-order valence-electron chi connectivity index (χ2n) is 8.09. The van der Waals surface area contributed by atoms with Gasteiger partial charge in [0.15, 0.2) is 0 Å². The SMILES string of the molecule is COC(=O)C[C@@H]1[C@]23C[C@@H](OC)C=CC2=CC(=O)N3CC[C@@]1(C=O)S(=O)c1ccccc1. The van der Waals surface area contributed by atoms with Crippen LogP contribution in [0.3, 0.4) is 0 Å². The van der Waals surface area contributed by atoms with Crippen molar-refractivity contribution in [2.75, 3.05) is 20.8 Å². The van der Waals surface area contributed by atoms with Crippen molar-refractivity contribution in [2.45, 2.75) is 40.5 Å². The van der Waals surface area contributed by atoms with Gasteiger partial charge < -0.3 is 19.2 Å². The van der Waals surface area contributed by atoms with E-state index >= 15 is 0 Å². The normalized spacial score (nSPS) is 32.6. The number of methoxy groups -OCH3 is 2. The molecule has 0 N–H and O–H groups in total. The molecule has 3 aliphatic rings. The van der Waals surface area contributed by atoms with E-state index in [-0.39, 0.29) is 31.4 Å². The summed E-state index contributed by atoms with van der Waals surface area (Å²) in [5, 5.41) is 0. The molecule has 0 bridgehead atoms. The number of rotatable bonds is 6. The first-order valence-electron chi connectivity index (χ1n) is 10.2. The molecule has 1 unspecified atom stereocenters. The van der Waals surface area contributed by atoms with Crippen LogP contribution >= 0.6 is 0 Å². The summed E-state index contributed by atoms with van der Waals surface area (Å²) in [6.45, 7) is 0.262. The Morgan fingerprint density at radius 3 is 2.68 bits per heavy atom. The molecular weight excluding hydrogens is 418 g/mol. The summed E-state index contributed by atoms with van der Waals surface area (Å²) >= 11 is 0. The Morgan fingerprint density at radius 2 is 2.03 bits per heavy atom. The van der Waals surface area contributed by atoms with Crippen molar-refractivity contribution in [2.24, 2.45) is 5.92 Å². The second-order valence-corrected chi connectivity index (χ2v) is 9.86. The fourth-order valence-corrected chi connectivity index (χ4v) is 7.07. The van der Waals surface area contributed by atoms with Crippen LogP contribution in [0.25, 0.3) is 0 Å². The van der Waals surface area contributed by atoms with Gasteiger partial charge in [-0.2, -0.15) is 0 Å². The van der Waals surface area contributed by atoms with Crippen LogP contribution in [0.15, 0.2) is 59.0 Å². The molecule has 7 nitrogen and oxygen atoms in total. The molecule has 164 valence electrons. The number of aldehydes is 1. The Balaban J connectivity index is 1.91. The number of amides is 1. The lowest BCUT2D eigenvalue weighted by Crippen LogP contribution is -2.69. The lowest BCUT2D eigenvalue weighted by Gasteiger charge is -2.57. The van der Waals surface area contributed by atoms with Crippen LogP contribution in [-0.2, 0) is 34.7 Å². The number of ether oxygens (including phenoxy) is 2. The van der Waals surface area contributed by atoms with E-state index in [2.05, 4.69) is 0 Å². The second kappa shape index (κ2) is 8.16. The van der Waals surface area contributed by atoms with E-state index in [0.29, 0.717) is 11.3 Å². The zero-order chi connectivity index (χ0) is 22.2. The van der Waals surface area contributed by atoms with E-state index in [1.54, 1.807) is 42.4 Å². The van der Waals surface area contributed by atoms with Gasteiger partial charge >= 0.3 is 5.97 Å². The first-order valence-corrected chi connectivity index (χ1v) is 11.3. The Kier molecular flexibility index (Phi) is 5.70. The van der Waals surface area contributed by atoms with Gasteiger partial charge in [0, 0.05) is 37.0 Å². The standard InChI is InChI=1S/C23H25NO6S/c1-29-17-9-8-16-12-20(26)24-11-10-22(15-25,31(28)18-6-4-3-5-7-18)19(13-21(27)30-2)23(16,24)14-17/h3-9,12,15,17,19H,10-11,13-14H2,1-2H3/t17-,19-,22-,23-,31?/m0/s1. The highest BCUT2D eigenvalue weighted by atomic mass is 32.2. The predicted molar refractivity (Wildman–Crippen MR) is 113 cm³/mol. The monoisotopic (exact) mass is 443 g/mol. The third-order valence-corrected chi connectivity index (χ3v) is 8.80. The van der Waals surface area contributed by atoms with Gasteiger partial charge in [-0.3, -0.25) is 13.8 Å². The highest BCUT2D eigenvalue weighted by molar-refractivity contribution is 7.87. The van der Waals surface area contributed by atoms with Crippen molar-refractivity contribution in [3.63, 3.8) is 0 Å². The van der Waals surface area contributed by atoms with E-state index in [9.17, 15) is 18.6 Å². The maximum Gasteiger partial charge on any atom is 0.305 e. The van der Waals surface area contributed by atoms with Gasteiger partial charge in [0.25, 0.3) is 0 Å². The molecule has 1 fully saturated rings. The predicted octanol–water partition coefficient (Wildman–Crippen LogP) is 1.80. The molecule has 8 heteroatoms. The summed E-state index contributed by atoms with van der Waals surface area (Å²) in [6, 6.07) is 8.78. The number of piperidine rings is 1. The molecule has 1 amide bonds. The van der Waals surface area contributed by atoms with Crippen LogP contribution in [0.1, 0.15) is 19.3 Å². The zero-order valence-corrected chi connectivity index (χ0v) is 18.3. The van der Waals surface area contributed by atoms with Crippen molar-refractivity contribution < 1.29 is 28.1 Å². The van der Waals surface area contributed by atoms with Gasteiger partial charge in [0.2, 0.25) is 5.91 Å². The van der Waals surface area contributed by atoms with E-state index in [4.69, 9.17) is 9.47 Å². The molecule has 1 aromatic rings. The molecule has 0 saturated carbocycles. The Hall–Kier alpha value is -2.58. The summed E-state index contributed by atoms with van der Waals surface area (Å²) in [4.78, 5) is 40.4. The highest BCUT2D eigenvalue weighted by Gasteiger charge is 2.65. The van der Waals surface area contributed by atoms with Crippen molar-refractivity contribution in [1.29, 1.82) is 0 Å². The van der Waals surface area contributed by atoms with E-state index in [1.807, 2.05) is 18.2 Å². The van der Waals surface area contributed by atoms with E-state index < -0.39 is 33.0 Å². The van der Waals surface area contributed by atoms with Gasteiger partial charge in [-0.25, -0.2) is 0 Å². The number of carbonyl (C=O) groups is 3. The third-order valence-electron chi connectivity index (χ3n) is 6.82. The fourth-order valence-electron chi connectivity index (χ4n) is 5.32. The van der Waals surface area contributed by atoms with Crippen molar-refractivity contribution in [3.05, 3.63) is 54.1 Å². The Bertz CT molecular complexity index is 989. The van der Waals surface area contributed by atoms with E-state index in [1.165, 1.54) is 7.11 Å². The molecule has 1 aromatic carbocycles. The summed E-state index contributed by atoms with van der Waals surface area (Å²) in [5.74, 6) is -1.42. The van der Waals surface area contributed by atoms with Gasteiger partial charge in [-0.1, -0.05) is 30.4 Å². The molecule has 2 aliphatic heterocycles. The first kappa shape index (κ1) is 21.6. The molecule has 0 aromatic heterocycles. The molecule has 0 radical (unpaired) electrons. The smallest absolute Gasteiger partial charge is 0.305 e. The van der Waals surface area contributed by atoms with Crippen LogP contribution < -0.4 is 0 Å². The number of benzene rings is 1. The van der Waals surface area contributed by atoms with Crippen molar-refractivity contribution in [1.82, 2.24) is 4.90 Å². The van der Waals surface area contributed by atoms with Gasteiger partial charge in [0.05, 0.1) is 36.0 Å². The zero-order valence-electron chi connectivity index (χ0n) is 17.5. The van der Waals surface area contributed by atoms with Crippen LogP contribution in [0, 0.1) is 5.92 Å². The molecule has 1 spiro atoms. The molecule has 1 aliphatic carbocycles. The summed E-state index contributed by atoms with van der Waals surface area (Å²) in [5.41, 5.74) is -0.250. The lowest BCUT2D eigenvalue weighted by atomic mass is 9.62. The highest BCUT2D eigenvalue weighted by Crippen LogP contribution is 2.55. The van der Waals surface area contributed by atoms with Gasteiger partial charge in [-0.05, 0) is 24.1 Å². The first-order chi connectivity index (χ1) is 14.9. The van der Waals surface area contributed by atoms with Crippen LogP contribution in [0.5, 0.6) is 0 Å². The lowest BCUT2D eigenvalue weighted by molar-refractivity contribution is -0.149. The minimum absolute atomic E-state index is 0.140. The average molecular weight is 444 g/mol. The molecule has 4 rings (SSSR count). The van der Waals surface area contributed by atoms with E-state index in [0.717, 1.165) is 11.9 Å². The maximum absolute atomic E-state index is 13.9. The fraction of sp³-hybridized carbons (Fsp3) is 0.435. The Morgan fingerprint density at radius 1 is 1.29 bits per heavy atom. The number of hydrogen-bond donors (Lipinski definition) is 0. The van der Waals surface area contributed by atoms with Crippen LogP contribution in [0.4, 0.5) is 0 Å². The van der Waals surface area contributed by atoms with Crippen molar-refractivity contribution >= 4 is 29.0 Å². The van der Waals surface area contributed by atoms with Gasteiger partial charge in [0.1, 0.15) is 11.0 Å². The van der Waals surface area contributed by atoms with Crippen LogP contribution in [-0.4, -0.2) is 64.4 Å². The summed E-state index contributed by atoms with van der Waals surface area (Å²) < 4.78 is 23.0. The summed E-state index contributed by atoms with van der Waals surface area (Å²) in [7, 11) is 1.13. The molecular formula is C23H25NO6S. The molecule has 31 heavy (non-hydrogen) atoms. The minimum atomic E-state index is -1.74. The average Bonchev–Trinajstić information content (AvgIpc) is 3.10. The molecule has 5 atom stereocenters. The maximum atomic E-state index is 13.9.